The highest BCUT2D eigenvalue weighted by molar-refractivity contribution is 6.30. The molecular weight excluding hydrogens is 405 g/mol. The van der Waals surface area contributed by atoms with E-state index < -0.39 is 29.5 Å². The maximum atomic E-state index is 13.2. The molecule has 0 amide bonds. The van der Waals surface area contributed by atoms with Crippen molar-refractivity contribution in [1.29, 1.82) is 0 Å². The smallest absolute Gasteiger partial charge is 0.416 e. The monoisotopic (exact) mass is 424 g/mol. The number of carbonyl (C=O) groups excluding carboxylic acids is 1. The van der Waals surface area contributed by atoms with E-state index in [0.717, 1.165) is 11.9 Å². The van der Waals surface area contributed by atoms with Crippen molar-refractivity contribution in [3.8, 4) is 0 Å². The molecule has 1 saturated heterocycles. The number of nitrogens with zero attached hydrogens (tertiary/aromatic N) is 2. The lowest BCUT2D eigenvalue weighted by Crippen LogP contribution is -2.38. The third-order valence-corrected chi connectivity index (χ3v) is 5.74. The molecule has 2 aromatic rings. The number of halogens is 4. The number of hydrogen-bond acceptors (Lipinski definition) is 4. The zero-order valence-corrected chi connectivity index (χ0v) is 16.3. The van der Waals surface area contributed by atoms with E-state index in [1.54, 1.807) is 18.3 Å². The summed E-state index contributed by atoms with van der Waals surface area (Å²) in [5.74, 6) is -0.478. The Balaban J connectivity index is 1.31. The number of anilines is 1. The molecular formula is C21H20ClF3N2O2. The maximum absolute atomic E-state index is 13.2. The molecule has 8 heteroatoms. The normalized spacial score (nSPS) is 22.4. The molecule has 154 valence electrons. The molecule has 2 fully saturated rings. The number of hydrogen-bond donors (Lipinski definition) is 0. The summed E-state index contributed by atoms with van der Waals surface area (Å²) in [6.45, 7) is 1.38. The van der Waals surface area contributed by atoms with Crippen molar-refractivity contribution in [3.05, 3.63) is 58.7 Å². The molecule has 1 aromatic carbocycles. The van der Waals surface area contributed by atoms with Gasteiger partial charge < -0.3 is 9.64 Å². The van der Waals surface area contributed by atoms with E-state index in [2.05, 4.69) is 9.88 Å². The minimum absolute atomic E-state index is 0.186. The van der Waals surface area contributed by atoms with Gasteiger partial charge in [0.25, 0.3) is 0 Å². The summed E-state index contributed by atoms with van der Waals surface area (Å²) in [6.07, 6.45) is -1.32. The number of piperidine rings is 1. The molecule has 4 rings (SSSR count). The number of rotatable bonds is 4. The summed E-state index contributed by atoms with van der Waals surface area (Å²) in [5, 5.41) is 0.573. The Bertz CT molecular complexity index is 880. The summed E-state index contributed by atoms with van der Waals surface area (Å²) in [4.78, 5) is 18.9. The lowest BCUT2D eigenvalue weighted by atomic mass is 10.0. The highest BCUT2D eigenvalue weighted by atomic mass is 35.5. The molecule has 2 heterocycles. The summed E-state index contributed by atoms with van der Waals surface area (Å²) >= 11 is 5.86. The van der Waals surface area contributed by atoms with Gasteiger partial charge in [-0.2, -0.15) is 13.2 Å². The Hall–Kier alpha value is -2.28. The zero-order chi connectivity index (χ0) is 20.6. The lowest BCUT2D eigenvalue weighted by Gasteiger charge is -2.32. The van der Waals surface area contributed by atoms with Crippen LogP contribution in [0.25, 0.3) is 0 Å². The Morgan fingerprint density at radius 1 is 1.14 bits per heavy atom. The van der Waals surface area contributed by atoms with Crippen LogP contribution in [-0.2, 0) is 15.7 Å². The van der Waals surface area contributed by atoms with E-state index in [4.69, 9.17) is 16.3 Å². The second-order valence-electron chi connectivity index (χ2n) is 7.49. The molecule has 2 atom stereocenters. The molecule has 0 unspecified atom stereocenters. The molecule has 1 aliphatic carbocycles. The molecule has 29 heavy (non-hydrogen) atoms. The van der Waals surface area contributed by atoms with Crippen LogP contribution in [0, 0.1) is 5.92 Å². The van der Waals surface area contributed by atoms with Crippen molar-refractivity contribution in [2.75, 3.05) is 18.0 Å². The summed E-state index contributed by atoms with van der Waals surface area (Å²) in [5.41, 5.74) is -0.477. The standard InChI is InChI=1S/C21H20ClF3N2O2/c22-13-5-6-19(26-12-13)27-9-7-14(8-10-27)29-20(28)17-11-16(17)15-3-1-2-4-18(15)21(23,24)25/h1-6,12,14,16-17H,7-11H2/t16-,17+/m1/s1. The van der Waals surface area contributed by atoms with E-state index in [1.165, 1.54) is 12.1 Å². The van der Waals surface area contributed by atoms with Crippen molar-refractivity contribution in [1.82, 2.24) is 4.98 Å². The number of esters is 1. The van der Waals surface area contributed by atoms with Crippen LogP contribution in [0.4, 0.5) is 19.0 Å². The lowest BCUT2D eigenvalue weighted by molar-refractivity contribution is -0.152. The van der Waals surface area contributed by atoms with Gasteiger partial charge in [-0.1, -0.05) is 29.8 Å². The number of alkyl halides is 3. The van der Waals surface area contributed by atoms with E-state index in [0.29, 0.717) is 37.4 Å². The first-order chi connectivity index (χ1) is 13.8. The minimum atomic E-state index is -4.42. The van der Waals surface area contributed by atoms with Gasteiger partial charge in [0.15, 0.2) is 0 Å². The predicted octanol–water partition coefficient (Wildman–Crippen LogP) is 5.07. The van der Waals surface area contributed by atoms with Gasteiger partial charge in [-0.25, -0.2) is 4.98 Å². The molecule has 2 aliphatic rings. The van der Waals surface area contributed by atoms with Gasteiger partial charge in [0.05, 0.1) is 16.5 Å². The van der Waals surface area contributed by atoms with Crippen LogP contribution in [0.3, 0.4) is 0 Å². The maximum Gasteiger partial charge on any atom is 0.416 e. The van der Waals surface area contributed by atoms with Gasteiger partial charge in [-0.3, -0.25) is 4.79 Å². The van der Waals surface area contributed by atoms with Crippen molar-refractivity contribution in [2.45, 2.75) is 37.5 Å². The number of ether oxygens (including phenoxy) is 1. The van der Waals surface area contributed by atoms with Gasteiger partial charge in [0.1, 0.15) is 11.9 Å². The first-order valence-corrected chi connectivity index (χ1v) is 9.94. The highest BCUT2D eigenvalue weighted by Gasteiger charge is 2.49. The van der Waals surface area contributed by atoms with E-state index in [9.17, 15) is 18.0 Å². The van der Waals surface area contributed by atoms with Crippen molar-refractivity contribution >= 4 is 23.4 Å². The first-order valence-electron chi connectivity index (χ1n) is 9.56. The fraction of sp³-hybridized carbons (Fsp3) is 0.429. The van der Waals surface area contributed by atoms with Gasteiger partial charge in [0, 0.05) is 32.1 Å². The Kier molecular flexibility index (Phi) is 5.42. The molecule has 1 aromatic heterocycles. The Morgan fingerprint density at radius 2 is 1.86 bits per heavy atom. The number of benzene rings is 1. The van der Waals surface area contributed by atoms with Gasteiger partial charge in [-0.05, 0) is 36.1 Å². The summed E-state index contributed by atoms with van der Waals surface area (Å²) in [6, 6.07) is 9.09. The number of carbonyl (C=O) groups is 1. The Morgan fingerprint density at radius 3 is 2.52 bits per heavy atom. The third-order valence-electron chi connectivity index (χ3n) is 5.52. The summed E-state index contributed by atoms with van der Waals surface area (Å²) in [7, 11) is 0. The van der Waals surface area contributed by atoms with Crippen LogP contribution >= 0.6 is 11.6 Å². The van der Waals surface area contributed by atoms with Crippen molar-refractivity contribution < 1.29 is 22.7 Å². The second kappa shape index (κ2) is 7.86. The first kappa shape index (κ1) is 20.0. The quantitative estimate of drug-likeness (QED) is 0.643. The fourth-order valence-electron chi connectivity index (χ4n) is 3.89. The molecule has 1 aliphatic heterocycles. The number of pyridine rings is 1. The largest absolute Gasteiger partial charge is 0.462 e. The van der Waals surface area contributed by atoms with Crippen molar-refractivity contribution in [2.24, 2.45) is 5.92 Å². The topological polar surface area (TPSA) is 42.4 Å². The van der Waals surface area contributed by atoms with Crippen LogP contribution in [0.1, 0.15) is 36.3 Å². The molecule has 0 N–H and O–H groups in total. The Labute approximate surface area is 171 Å². The van der Waals surface area contributed by atoms with E-state index >= 15 is 0 Å². The van der Waals surface area contributed by atoms with Crippen LogP contribution in [-0.4, -0.2) is 30.1 Å². The molecule has 0 bridgehead atoms. The van der Waals surface area contributed by atoms with E-state index in [-0.39, 0.29) is 11.7 Å². The summed E-state index contributed by atoms with van der Waals surface area (Å²) < 4.78 is 45.2. The highest BCUT2D eigenvalue weighted by Crippen LogP contribution is 2.51. The van der Waals surface area contributed by atoms with Gasteiger partial charge >= 0.3 is 12.1 Å². The van der Waals surface area contributed by atoms with Crippen LogP contribution in [0.2, 0.25) is 5.02 Å². The van der Waals surface area contributed by atoms with Gasteiger partial charge in [-0.15, -0.1) is 0 Å². The number of aromatic nitrogens is 1. The average molecular weight is 425 g/mol. The SMILES string of the molecule is O=C(OC1CCN(c2ccc(Cl)cn2)CC1)[C@H]1C[C@@H]1c1ccccc1C(F)(F)F. The molecule has 0 radical (unpaired) electrons. The van der Waals surface area contributed by atoms with Crippen LogP contribution < -0.4 is 4.90 Å². The minimum Gasteiger partial charge on any atom is -0.462 e. The van der Waals surface area contributed by atoms with E-state index in [1.807, 2.05) is 6.07 Å². The van der Waals surface area contributed by atoms with Crippen LogP contribution in [0.15, 0.2) is 42.6 Å². The van der Waals surface area contributed by atoms with Gasteiger partial charge in [0.2, 0.25) is 0 Å². The third kappa shape index (κ3) is 4.50. The predicted molar refractivity (Wildman–Crippen MR) is 103 cm³/mol. The molecule has 4 nitrogen and oxygen atoms in total. The molecule has 0 spiro atoms. The fourth-order valence-corrected chi connectivity index (χ4v) is 4.00. The average Bonchev–Trinajstić information content (AvgIpc) is 3.50. The van der Waals surface area contributed by atoms with Crippen molar-refractivity contribution in [3.63, 3.8) is 0 Å². The molecule has 1 saturated carbocycles. The zero-order valence-electron chi connectivity index (χ0n) is 15.5. The van der Waals surface area contributed by atoms with Crippen LogP contribution in [0.5, 0.6) is 0 Å². The second-order valence-corrected chi connectivity index (χ2v) is 7.93.